The van der Waals surface area contributed by atoms with Crippen LogP contribution in [0.2, 0.25) is 0 Å². The highest BCUT2D eigenvalue weighted by atomic mass is 32.1. The third-order valence-electron chi connectivity index (χ3n) is 3.88. The second-order valence-corrected chi connectivity index (χ2v) is 8.08. The molecule has 3 heterocycles. The summed E-state index contributed by atoms with van der Waals surface area (Å²) in [5.74, 6) is 0.308. The number of rotatable bonds is 7. The van der Waals surface area contributed by atoms with Gasteiger partial charge in [0.15, 0.2) is 16.4 Å². The van der Waals surface area contributed by atoms with Crippen molar-refractivity contribution in [2.24, 2.45) is 5.73 Å². The van der Waals surface area contributed by atoms with Gasteiger partial charge in [0.2, 0.25) is 6.04 Å². The SMILES string of the molecule is CN.Cc1nc(C=O)sc1-c1csc(Nc2ccc(CNC(C(F)(F)F)C(F)(F)F)cn2)n1. The minimum Gasteiger partial charge on any atom is -0.333 e. The van der Waals surface area contributed by atoms with Crippen molar-refractivity contribution < 1.29 is 31.1 Å². The average Bonchev–Trinajstić information content (AvgIpc) is 3.35. The number of anilines is 2. The minimum absolute atomic E-state index is 0.144. The summed E-state index contributed by atoms with van der Waals surface area (Å²) < 4.78 is 75.4. The Morgan fingerprint density at radius 1 is 1.12 bits per heavy atom. The van der Waals surface area contributed by atoms with E-state index >= 15 is 0 Å². The van der Waals surface area contributed by atoms with E-state index in [1.54, 1.807) is 12.3 Å². The first-order valence-electron chi connectivity index (χ1n) is 9.02. The third-order valence-corrected chi connectivity index (χ3v) is 5.74. The second-order valence-electron chi connectivity index (χ2n) is 6.20. The van der Waals surface area contributed by atoms with Crippen molar-refractivity contribution in [3.63, 3.8) is 0 Å². The number of pyridine rings is 1. The molecule has 0 fully saturated rings. The molecule has 0 saturated carbocycles. The molecule has 0 amide bonds. The summed E-state index contributed by atoms with van der Waals surface area (Å²) in [5, 5.41) is 6.92. The molecular weight excluding hydrogens is 494 g/mol. The van der Waals surface area contributed by atoms with Gasteiger partial charge in [-0.25, -0.2) is 15.0 Å². The molecule has 0 bridgehead atoms. The van der Waals surface area contributed by atoms with Gasteiger partial charge < -0.3 is 11.1 Å². The van der Waals surface area contributed by atoms with Gasteiger partial charge in [0, 0.05) is 18.1 Å². The van der Waals surface area contributed by atoms with E-state index in [4.69, 9.17) is 0 Å². The molecule has 0 saturated heterocycles. The molecule has 4 N–H and O–H groups in total. The van der Waals surface area contributed by atoms with Gasteiger partial charge >= 0.3 is 12.4 Å². The smallest absolute Gasteiger partial charge is 0.333 e. The zero-order valence-electron chi connectivity index (χ0n) is 17.1. The summed E-state index contributed by atoms with van der Waals surface area (Å²) in [5.41, 5.74) is 5.92. The van der Waals surface area contributed by atoms with E-state index in [1.807, 2.05) is 0 Å². The summed E-state index contributed by atoms with van der Waals surface area (Å²) in [6.07, 6.45) is -9.10. The number of nitrogens with one attached hydrogen (secondary N) is 2. The molecular formula is C18H18F6N6OS2. The van der Waals surface area contributed by atoms with Crippen molar-refractivity contribution in [3.05, 3.63) is 40.0 Å². The van der Waals surface area contributed by atoms with Gasteiger partial charge in [-0.2, -0.15) is 26.3 Å². The van der Waals surface area contributed by atoms with E-state index < -0.39 is 24.9 Å². The maximum atomic E-state index is 12.6. The Kier molecular flexibility index (Phi) is 8.88. The fourth-order valence-electron chi connectivity index (χ4n) is 2.49. The highest BCUT2D eigenvalue weighted by molar-refractivity contribution is 7.17. The number of halogens is 6. The van der Waals surface area contributed by atoms with Crippen molar-refractivity contribution in [1.29, 1.82) is 0 Å². The van der Waals surface area contributed by atoms with Gasteiger partial charge in [-0.15, -0.1) is 22.7 Å². The molecule has 0 aliphatic rings. The van der Waals surface area contributed by atoms with Gasteiger partial charge in [0.25, 0.3) is 0 Å². The number of carbonyl (C=O) groups excluding carboxylic acids is 1. The molecule has 0 spiro atoms. The zero-order valence-corrected chi connectivity index (χ0v) is 18.7. The standard InChI is InChI=1S/C17H13F6N5OS2.CH5N/c1-8-13(31-12(6-29)26-8)10-7-30-15(27-10)28-11-3-2-9(4-24-11)5-25-14(16(18,19)20)17(21,22)23;1-2/h2-4,6-7,14,25H,5H2,1H3,(H,24,27,28);2H2,1H3. The minimum atomic E-state index is -5.46. The number of thiazole rings is 2. The van der Waals surface area contributed by atoms with Crippen LogP contribution in [0.3, 0.4) is 0 Å². The Morgan fingerprint density at radius 2 is 1.79 bits per heavy atom. The molecule has 3 aromatic rings. The van der Waals surface area contributed by atoms with Crippen molar-refractivity contribution in [2.45, 2.75) is 31.9 Å². The van der Waals surface area contributed by atoms with E-state index in [2.05, 4.69) is 26.0 Å². The summed E-state index contributed by atoms with van der Waals surface area (Å²) >= 11 is 2.45. The molecule has 7 nitrogen and oxygen atoms in total. The first-order chi connectivity index (χ1) is 15.5. The molecule has 0 aliphatic heterocycles. The van der Waals surface area contributed by atoms with E-state index in [0.717, 1.165) is 11.1 Å². The lowest BCUT2D eigenvalue weighted by atomic mass is 10.2. The molecule has 3 rings (SSSR count). The lowest BCUT2D eigenvalue weighted by Crippen LogP contribution is -2.52. The fraction of sp³-hybridized carbons (Fsp3) is 0.333. The van der Waals surface area contributed by atoms with Gasteiger partial charge in [-0.3, -0.25) is 10.1 Å². The van der Waals surface area contributed by atoms with Crippen LogP contribution in [0.15, 0.2) is 23.7 Å². The zero-order chi connectivity index (χ0) is 24.8. The number of nitrogens with two attached hydrogens (primary N) is 1. The normalized spacial score (nSPS) is 11.8. The number of hydrogen-bond acceptors (Lipinski definition) is 9. The average molecular weight is 513 g/mol. The summed E-state index contributed by atoms with van der Waals surface area (Å²) in [6.45, 7) is 1.09. The van der Waals surface area contributed by atoms with Crippen molar-refractivity contribution >= 4 is 39.9 Å². The summed E-state index contributed by atoms with van der Waals surface area (Å²) in [7, 11) is 1.50. The topological polar surface area (TPSA) is 106 Å². The summed E-state index contributed by atoms with van der Waals surface area (Å²) in [4.78, 5) is 24.1. The van der Waals surface area contributed by atoms with Gasteiger partial charge in [-0.05, 0) is 25.6 Å². The first kappa shape index (κ1) is 26.6. The lowest BCUT2D eigenvalue weighted by molar-refractivity contribution is -0.258. The van der Waals surface area contributed by atoms with Crippen molar-refractivity contribution in [1.82, 2.24) is 20.3 Å². The molecule has 0 unspecified atom stereocenters. The number of carbonyl (C=O) groups is 1. The van der Waals surface area contributed by atoms with E-state index in [0.29, 0.717) is 33.6 Å². The van der Waals surface area contributed by atoms with Gasteiger partial charge in [0.1, 0.15) is 5.82 Å². The Balaban J connectivity index is 0.00000187. The van der Waals surface area contributed by atoms with Crippen LogP contribution in [0.4, 0.5) is 37.3 Å². The second kappa shape index (κ2) is 11.0. The molecule has 180 valence electrons. The van der Waals surface area contributed by atoms with Crippen molar-refractivity contribution in [3.8, 4) is 10.6 Å². The van der Waals surface area contributed by atoms with Gasteiger partial charge in [0.05, 0.1) is 16.3 Å². The Hall–Kier alpha value is -2.62. The monoisotopic (exact) mass is 512 g/mol. The number of nitrogens with zero attached hydrogens (tertiary/aromatic N) is 3. The highest BCUT2D eigenvalue weighted by Gasteiger charge is 2.56. The van der Waals surface area contributed by atoms with Crippen LogP contribution in [0, 0.1) is 6.92 Å². The number of aryl methyl sites for hydroxylation is 1. The van der Waals surface area contributed by atoms with Crippen LogP contribution in [-0.2, 0) is 6.54 Å². The molecule has 15 heteroatoms. The van der Waals surface area contributed by atoms with Crippen LogP contribution in [0.1, 0.15) is 21.1 Å². The van der Waals surface area contributed by atoms with E-state index in [1.165, 1.54) is 47.2 Å². The molecule has 0 radical (unpaired) electrons. The van der Waals surface area contributed by atoms with Crippen LogP contribution in [0.5, 0.6) is 0 Å². The number of hydrogen-bond donors (Lipinski definition) is 3. The fourth-order valence-corrected chi connectivity index (χ4v) is 4.12. The Labute approximate surface area is 192 Å². The van der Waals surface area contributed by atoms with Crippen LogP contribution in [-0.4, -0.2) is 46.7 Å². The van der Waals surface area contributed by atoms with Crippen LogP contribution >= 0.6 is 22.7 Å². The van der Waals surface area contributed by atoms with Gasteiger partial charge in [-0.1, -0.05) is 6.07 Å². The van der Waals surface area contributed by atoms with Crippen LogP contribution < -0.4 is 16.4 Å². The molecule has 0 aliphatic carbocycles. The largest absolute Gasteiger partial charge is 0.412 e. The quantitative estimate of drug-likeness (QED) is 0.312. The Bertz CT molecular complexity index is 1030. The summed E-state index contributed by atoms with van der Waals surface area (Å²) in [6, 6.07) is -0.859. The third kappa shape index (κ3) is 7.18. The first-order valence-corrected chi connectivity index (χ1v) is 10.7. The van der Waals surface area contributed by atoms with Crippen molar-refractivity contribution in [2.75, 3.05) is 12.4 Å². The van der Waals surface area contributed by atoms with E-state index in [9.17, 15) is 31.1 Å². The van der Waals surface area contributed by atoms with E-state index in [-0.39, 0.29) is 5.56 Å². The Morgan fingerprint density at radius 3 is 2.30 bits per heavy atom. The molecule has 0 atom stereocenters. The highest BCUT2D eigenvalue weighted by Crippen LogP contribution is 2.34. The number of alkyl halides is 6. The van der Waals surface area contributed by atoms with Crippen LogP contribution in [0.25, 0.3) is 10.6 Å². The maximum absolute atomic E-state index is 12.6. The number of aromatic nitrogens is 3. The molecule has 0 aromatic carbocycles. The predicted octanol–water partition coefficient (Wildman–Crippen LogP) is 4.68. The lowest BCUT2D eigenvalue weighted by Gasteiger charge is -2.23. The molecule has 3 aromatic heterocycles. The number of aldehydes is 1. The molecule has 33 heavy (non-hydrogen) atoms. The maximum Gasteiger partial charge on any atom is 0.412 e. The predicted molar refractivity (Wildman–Crippen MR) is 114 cm³/mol.